The lowest BCUT2D eigenvalue weighted by atomic mass is 10.3. The van der Waals surface area contributed by atoms with Crippen molar-refractivity contribution in [2.75, 3.05) is 5.32 Å². The number of pyridine rings is 1. The smallest absolute Gasteiger partial charge is 0.160 e. The highest BCUT2D eigenvalue weighted by atomic mass is 15.2. The van der Waals surface area contributed by atoms with Crippen LogP contribution in [0.5, 0.6) is 0 Å². The first-order valence-corrected chi connectivity index (χ1v) is 7.02. The van der Waals surface area contributed by atoms with Gasteiger partial charge in [0.2, 0.25) is 0 Å². The van der Waals surface area contributed by atoms with Crippen LogP contribution in [0.4, 0.5) is 5.69 Å². The summed E-state index contributed by atoms with van der Waals surface area (Å²) >= 11 is 0. The Kier molecular flexibility index (Phi) is 2.66. The molecule has 4 heteroatoms. The van der Waals surface area contributed by atoms with Gasteiger partial charge in [-0.3, -0.25) is 0 Å². The predicted molar refractivity (Wildman–Crippen MR) is 79.6 cm³/mol. The van der Waals surface area contributed by atoms with E-state index in [1.807, 2.05) is 36.5 Å². The summed E-state index contributed by atoms with van der Waals surface area (Å²) in [5.41, 5.74) is 3.12. The normalized spacial score (nSPS) is 14.6. The van der Waals surface area contributed by atoms with Crippen molar-refractivity contribution in [3.8, 4) is 0 Å². The Morgan fingerprint density at radius 2 is 1.95 bits per heavy atom. The summed E-state index contributed by atoms with van der Waals surface area (Å²) in [7, 11) is 0. The van der Waals surface area contributed by atoms with Crippen molar-refractivity contribution in [2.24, 2.45) is 0 Å². The third kappa shape index (κ3) is 2.03. The molecule has 20 heavy (non-hydrogen) atoms. The molecule has 2 aromatic heterocycles. The van der Waals surface area contributed by atoms with Gasteiger partial charge < -0.3 is 9.88 Å². The molecule has 1 aliphatic carbocycles. The number of rotatable bonds is 4. The van der Waals surface area contributed by atoms with E-state index in [1.165, 1.54) is 12.8 Å². The molecule has 0 unspecified atom stereocenters. The molecule has 1 aliphatic rings. The fraction of sp³-hybridized carbons (Fsp3) is 0.250. The van der Waals surface area contributed by atoms with Gasteiger partial charge in [0.15, 0.2) is 5.65 Å². The molecule has 100 valence electrons. The number of nitrogens with one attached hydrogen (secondary N) is 1. The lowest BCUT2D eigenvalue weighted by molar-refractivity contribution is 0.705. The van der Waals surface area contributed by atoms with E-state index in [4.69, 9.17) is 4.98 Å². The monoisotopic (exact) mass is 264 g/mol. The fourth-order valence-electron chi connectivity index (χ4n) is 2.55. The van der Waals surface area contributed by atoms with Crippen LogP contribution in [0, 0.1) is 0 Å². The fourth-order valence-corrected chi connectivity index (χ4v) is 2.55. The third-order valence-corrected chi connectivity index (χ3v) is 3.66. The van der Waals surface area contributed by atoms with E-state index in [2.05, 4.69) is 27.0 Å². The minimum atomic E-state index is 0.586. The van der Waals surface area contributed by atoms with Crippen LogP contribution >= 0.6 is 0 Å². The van der Waals surface area contributed by atoms with Crippen LogP contribution in [0.2, 0.25) is 0 Å². The first-order valence-electron chi connectivity index (χ1n) is 7.02. The minimum Gasteiger partial charge on any atom is -0.378 e. The van der Waals surface area contributed by atoms with Crippen LogP contribution in [-0.4, -0.2) is 14.5 Å². The van der Waals surface area contributed by atoms with Crippen molar-refractivity contribution in [2.45, 2.75) is 25.4 Å². The Labute approximate surface area is 117 Å². The van der Waals surface area contributed by atoms with Gasteiger partial charge in [0.1, 0.15) is 11.3 Å². The Morgan fingerprint density at radius 1 is 1.10 bits per heavy atom. The van der Waals surface area contributed by atoms with Crippen LogP contribution < -0.4 is 5.32 Å². The second-order valence-corrected chi connectivity index (χ2v) is 5.19. The van der Waals surface area contributed by atoms with Crippen LogP contribution in [-0.2, 0) is 6.54 Å². The molecule has 1 aromatic carbocycles. The Hall–Kier alpha value is -2.36. The van der Waals surface area contributed by atoms with Crippen molar-refractivity contribution in [1.82, 2.24) is 14.5 Å². The average molecular weight is 264 g/mol. The molecule has 2 heterocycles. The van der Waals surface area contributed by atoms with E-state index in [1.54, 1.807) is 0 Å². The van der Waals surface area contributed by atoms with Gasteiger partial charge in [0, 0.05) is 17.9 Å². The van der Waals surface area contributed by atoms with Gasteiger partial charge in [-0.15, -0.1) is 0 Å². The standard InChI is InChI=1S/C16H16N4/c1-2-5-12(6-3-1)18-11-15-19-14-7-4-10-17-16(14)20(15)13-8-9-13/h1-7,10,13,18H,8-9,11H2. The lowest BCUT2D eigenvalue weighted by Gasteiger charge is -2.09. The molecule has 4 rings (SSSR count). The first kappa shape index (κ1) is 11.5. The Balaban J connectivity index is 1.67. The number of para-hydroxylation sites is 1. The quantitative estimate of drug-likeness (QED) is 0.785. The van der Waals surface area contributed by atoms with Crippen molar-refractivity contribution in [3.63, 3.8) is 0 Å². The van der Waals surface area contributed by atoms with Crippen LogP contribution in [0.3, 0.4) is 0 Å². The van der Waals surface area contributed by atoms with E-state index < -0.39 is 0 Å². The summed E-state index contributed by atoms with van der Waals surface area (Å²) < 4.78 is 2.30. The number of hydrogen-bond donors (Lipinski definition) is 1. The second kappa shape index (κ2) is 4.63. The van der Waals surface area contributed by atoms with Crippen LogP contribution in [0.15, 0.2) is 48.7 Å². The summed E-state index contributed by atoms with van der Waals surface area (Å²) in [6, 6.07) is 14.8. The maximum Gasteiger partial charge on any atom is 0.160 e. The molecule has 1 fully saturated rings. The van der Waals surface area contributed by atoms with Gasteiger partial charge in [-0.2, -0.15) is 0 Å². The second-order valence-electron chi connectivity index (χ2n) is 5.19. The van der Waals surface area contributed by atoms with E-state index in [9.17, 15) is 0 Å². The number of benzene rings is 1. The number of hydrogen-bond acceptors (Lipinski definition) is 3. The lowest BCUT2D eigenvalue weighted by Crippen LogP contribution is -2.08. The highest BCUT2D eigenvalue weighted by Crippen LogP contribution is 2.38. The zero-order chi connectivity index (χ0) is 13.4. The summed E-state index contributed by atoms with van der Waals surface area (Å²) in [4.78, 5) is 9.22. The van der Waals surface area contributed by atoms with Crippen molar-refractivity contribution in [3.05, 3.63) is 54.5 Å². The zero-order valence-corrected chi connectivity index (χ0v) is 11.2. The van der Waals surface area contributed by atoms with Gasteiger partial charge in [-0.25, -0.2) is 9.97 Å². The predicted octanol–water partition coefficient (Wildman–Crippen LogP) is 3.38. The molecule has 0 atom stereocenters. The average Bonchev–Trinajstić information content (AvgIpc) is 3.27. The maximum absolute atomic E-state index is 4.73. The summed E-state index contributed by atoms with van der Waals surface area (Å²) in [5.74, 6) is 1.07. The zero-order valence-electron chi connectivity index (χ0n) is 11.2. The van der Waals surface area contributed by atoms with Gasteiger partial charge in [-0.05, 0) is 37.1 Å². The van der Waals surface area contributed by atoms with Crippen LogP contribution in [0.1, 0.15) is 24.7 Å². The molecule has 0 spiro atoms. The number of aromatic nitrogens is 3. The molecule has 1 N–H and O–H groups in total. The van der Waals surface area contributed by atoms with Crippen molar-refractivity contribution in [1.29, 1.82) is 0 Å². The number of nitrogens with zero attached hydrogens (tertiary/aromatic N) is 3. The molecule has 4 nitrogen and oxygen atoms in total. The highest BCUT2D eigenvalue weighted by Gasteiger charge is 2.28. The minimum absolute atomic E-state index is 0.586. The molecule has 0 bridgehead atoms. The number of anilines is 1. The molecular formula is C16H16N4. The van der Waals surface area contributed by atoms with Gasteiger partial charge in [0.05, 0.1) is 6.54 Å². The molecule has 0 aliphatic heterocycles. The molecule has 3 aromatic rings. The van der Waals surface area contributed by atoms with E-state index in [-0.39, 0.29) is 0 Å². The molecule has 0 radical (unpaired) electrons. The maximum atomic E-state index is 4.73. The van der Waals surface area contributed by atoms with Gasteiger partial charge in [0.25, 0.3) is 0 Å². The van der Waals surface area contributed by atoms with E-state index >= 15 is 0 Å². The van der Waals surface area contributed by atoms with Crippen molar-refractivity contribution >= 4 is 16.9 Å². The first-order chi connectivity index (χ1) is 9.92. The Bertz CT molecular complexity index is 729. The molecular weight excluding hydrogens is 248 g/mol. The number of imidazole rings is 1. The molecule has 1 saturated carbocycles. The summed E-state index contributed by atoms with van der Waals surface area (Å²) in [6.45, 7) is 0.733. The SMILES string of the molecule is c1ccc(NCc2nc3cccnc3n2C2CC2)cc1. The summed E-state index contributed by atoms with van der Waals surface area (Å²) in [6.07, 6.45) is 4.32. The van der Waals surface area contributed by atoms with Crippen molar-refractivity contribution < 1.29 is 0 Å². The van der Waals surface area contributed by atoms with E-state index in [0.717, 1.165) is 29.2 Å². The summed E-state index contributed by atoms with van der Waals surface area (Å²) in [5, 5.41) is 3.43. The van der Waals surface area contributed by atoms with E-state index in [0.29, 0.717) is 6.04 Å². The largest absolute Gasteiger partial charge is 0.378 e. The molecule has 0 saturated heterocycles. The molecule has 0 amide bonds. The topological polar surface area (TPSA) is 42.7 Å². The highest BCUT2D eigenvalue weighted by molar-refractivity contribution is 5.71. The Morgan fingerprint density at radius 3 is 2.75 bits per heavy atom. The van der Waals surface area contributed by atoms with Gasteiger partial charge in [-0.1, -0.05) is 18.2 Å². The number of fused-ring (bicyclic) bond motifs is 1. The third-order valence-electron chi connectivity index (χ3n) is 3.66. The van der Waals surface area contributed by atoms with Gasteiger partial charge >= 0.3 is 0 Å². The van der Waals surface area contributed by atoms with Crippen LogP contribution in [0.25, 0.3) is 11.2 Å².